The first-order valence-electron chi connectivity index (χ1n) is 3.97. The van der Waals surface area contributed by atoms with Crippen LogP contribution in [0.3, 0.4) is 0 Å². The first kappa shape index (κ1) is 11.4. The van der Waals surface area contributed by atoms with E-state index < -0.39 is 29.8 Å². The summed E-state index contributed by atoms with van der Waals surface area (Å²) in [5, 5.41) is 26.2. The standard InChI is InChI=1S/C9H8F2O4/c10-5-3-4(1-2-6(5)12)8(13)7(11)9(14)15/h1-3,7-8,12-13H,(H,14,15). The zero-order chi connectivity index (χ0) is 11.6. The number of rotatable bonds is 3. The molecular weight excluding hydrogens is 210 g/mol. The fraction of sp³-hybridized carbons (Fsp3) is 0.222. The van der Waals surface area contributed by atoms with Gasteiger partial charge in [0.05, 0.1) is 0 Å². The lowest BCUT2D eigenvalue weighted by atomic mass is 10.1. The number of carboxylic acid groups (broad SMARTS) is 1. The normalized spacial score (nSPS) is 14.6. The number of carbonyl (C=O) groups is 1. The van der Waals surface area contributed by atoms with Crippen molar-refractivity contribution in [1.29, 1.82) is 0 Å². The highest BCUT2D eigenvalue weighted by molar-refractivity contribution is 5.73. The van der Waals surface area contributed by atoms with E-state index in [2.05, 4.69) is 0 Å². The Bertz CT molecular complexity index is 380. The fourth-order valence-corrected chi connectivity index (χ4v) is 1.01. The number of aromatic hydroxyl groups is 1. The van der Waals surface area contributed by atoms with Gasteiger partial charge in [0.2, 0.25) is 6.17 Å². The van der Waals surface area contributed by atoms with Crippen LogP contribution in [0, 0.1) is 5.82 Å². The van der Waals surface area contributed by atoms with Gasteiger partial charge < -0.3 is 15.3 Å². The van der Waals surface area contributed by atoms with E-state index in [4.69, 9.17) is 10.2 Å². The molecule has 0 bridgehead atoms. The number of phenolic OH excluding ortho intramolecular Hbond substituents is 1. The van der Waals surface area contributed by atoms with E-state index in [-0.39, 0.29) is 5.56 Å². The van der Waals surface area contributed by atoms with Crippen molar-refractivity contribution < 1.29 is 28.9 Å². The van der Waals surface area contributed by atoms with Crippen molar-refractivity contribution in [2.45, 2.75) is 12.3 Å². The molecule has 0 saturated heterocycles. The van der Waals surface area contributed by atoms with Gasteiger partial charge in [-0.1, -0.05) is 6.07 Å². The molecule has 6 heteroatoms. The maximum Gasteiger partial charge on any atom is 0.341 e. The average molecular weight is 218 g/mol. The minimum atomic E-state index is -2.53. The van der Waals surface area contributed by atoms with Crippen molar-refractivity contribution >= 4 is 5.97 Å². The molecule has 0 saturated carbocycles. The van der Waals surface area contributed by atoms with Crippen LogP contribution >= 0.6 is 0 Å². The number of aliphatic hydroxyl groups is 1. The molecule has 2 unspecified atom stereocenters. The number of alkyl halides is 1. The Hall–Kier alpha value is -1.69. The monoisotopic (exact) mass is 218 g/mol. The number of aliphatic carboxylic acids is 1. The Morgan fingerprint density at radius 2 is 2.00 bits per heavy atom. The number of hydrogen-bond donors (Lipinski definition) is 3. The van der Waals surface area contributed by atoms with Gasteiger partial charge in [-0.25, -0.2) is 13.6 Å². The zero-order valence-electron chi connectivity index (χ0n) is 7.39. The third-order valence-electron chi connectivity index (χ3n) is 1.83. The molecule has 0 aliphatic heterocycles. The highest BCUT2D eigenvalue weighted by atomic mass is 19.1. The van der Waals surface area contributed by atoms with Crippen LogP contribution in [0.1, 0.15) is 11.7 Å². The minimum Gasteiger partial charge on any atom is -0.505 e. The van der Waals surface area contributed by atoms with E-state index in [0.717, 1.165) is 12.1 Å². The first-order valence-corrected chi connectivity index (χ1v) is 3.97. The van der Waals surface area contributed by atoms with E-state index >= 15 is 0 Å². The van der Waals surface area contributed by atoms with Crippen molar-refractivity contribution in [3.8, 4) is 5.75 Å². The second-order valence-corrected chi connectivity index (χ2v) is 2.90. The number of carboxylic acids is 1. The molecule has 0 heterocycles. The molecule has 0 radical (unpaired) electrons. The topological polar surface area (TPSA) is 77.8 Å². The number of halogens is 2. The van der Waals surface area contributed by atoms with E-state index in [0.29, 0.717) is 6.07 Å². The summed E-state index contributed by atoms with van der Waals surface area (Å²) in [5.74, 6) is -3.54. The second kappa shape index (κ2) is 4.22. The van der Waals surface area contributed by atoms with Gasteiger partial charge in [-0.15, -0.1) is 0 Å². The van der Waals surface area contributed by atoms with Crippen LogP contribution in [-0.2, 0) is 4.79 Å². The van der Waals surface area contributed by atoms with Crippen LogP contribution in [0.25, 0.3) is 0 Å². The first-order chi connectivity index (χ1) is 6.93. The average Bonchev–Trinajstić information content (AvgIpc) is 2.19. The minimum absolute atomic E-state index is 0.250. The van der Waals surface area contributed by atoms with Crippen LogP contribution in [0.4, 0.5) is 8.78 Å². The molecule has 15 heavy (non-hydrogen) atoms. The van der Waals surface area contributed by atoms with Gasteiger partial charge in [0, 0.05) is 0 Å². The molecule has 0 spiro atoms. The summed E-state index contributed by atoms with van der Waals surface area (Å²) in [6.45, 7) is 0. The van der Waals surface area contributed by atoms with Crippen molar-refractivity contribution in [1.82, 2.24) is 0 Å². The Morgan fingerprint density at radius 3 is 2.47 bits per heavy atom. The number of aliphatic hydroxyl groups excluding tert-OH is 1. The summed E-state index contributed by atoms with van der Waals surface area (Å²) in [7, 11) is 0. The van der Waals surface area contributed by atoms with Crippen LogP contribution in [0.15, 0.2) is 18.2 Å². The molecule has 3 N–H and O–H groups in total. The summed E-state index contributed by atoms with van der Waals surface area (Å²) < 4.78 is 25.6. The number of benzene rings is 1. The van der Waals surface area contributed by atoms with Crippen LogP contribution < -0.4 is 0 Å². The molecule has 82 valence electrons. The molecule has 4 nitrogen and oxygen atoms in total. The van der Waals surface area contributed by atoms with Crippen LogP contribution in [-0.4, -0.2) is 27.5 Å². The predicted molar refractivity (Wildman–Crippen MR) is 45.6 cm³/mol. The lowest BCUT2D eigenvalue weighted by Crippen LogP contribution is -2.23. The summed E-state index contributed by atoms with van der Waals surface area (Å²) in [6, 6.07) is 2.62. The molecule has 0 aliphatic rings. The molecule has 1 rings (SSSR count). The van der Waals surface area contributed by atoms with Crippen LogP contribution in [0.2, 0.25) is 0 Å². The highest BCUT2D eigenvalue weighted by Gasteiger charge is 2.27. The van der Waals surface area contributed by atoms with E-state index in [1.54, 1.807) is 0 Å². The maximum atomic E-state index is 12.8. The van der Waals surface area contributed by atoms with Crippen molar-refractivity contribution in [3.05, 3.63) is 29.6 Å². The van der Waals surface area contributed by atoms with Gasteiger partial charge in [0.1, 0.15) is 6.10 Å². The highest BCUT2D eigenvalue weighted by Crippen LogP contribution is 2.24. The van der Waals surface area contributed by atoms with Gasteiger partial charge >= 0.3 is 5.97 Å². The van der Waals surface area contributed by atoms with Gasteiger partial charge in [-0.05, 0) is 17.7 Å². The lowest BCUT2D eigenvalue weighted by molar-refractivity contribution is -0.147. The van der Waals surface area contributed by atoms with Gasteiger partial charge in [-0.3, -0.25) is 0 Å². The van der Waals surface area contributed by atoms with Crippen molar-refractivity contribution in [3.63, 3.8) is 0 Å². The maximum absolute atomic E-state index is 12.8. The smallest absolute Gasteiger partial charge is 0.341 e. The summed E-state index contributed by atoms with van der Waals surface area (Å²) in [4.78, 5) is 10.2. The SMILES string of the molecule is O=C(O)C(F)C(O)c1ccc(O)c(F)c1. The van der Waals surface area contributed by atoms with Crippen molar-refractivity contribution in [2.75, 3.05) is 0 Å². The molecule has 0 amide bonds. The Morgan fingerprint density at radius 1 is 1.40 bits per heavy atom. The second-order valence-electron chi connectivity index (χ2n) is 2.90. The van der Waals surface area contributed by atoms with E-state index in [1.807, 2.05) is 0 Å². The van der Waals surface area contributed by atoms with E-state index in [9.17, 15) is 18.7 Å². The molecule has 0 aromatic heterocycles. The number of hydrogen-bond acceptors (Lipinski definition) is 3. The van der Waals surface area contributed by atoms with Gasteiger partial charge in [0.25, 0.3) is 0 Å². The Balaban J connectivity index is 2.96. The van der Waals surface area contributed by atoms with Gasteiger partial charge in [-0.2, -0.15) is 0 Å². The lowest BCUT2D eigenvalue weighted by Gasteiger charge is -2.12. The summed E-state index contributed by atoms with van der Waals surface area (Å²) >= 11 is 0. The third kappa shape index (κ3) is 2.41. The molecule has 1 aromatic rings. The largest absolute Gasteiger partial charge is 0.505 e. The fourth-order valence-electron chi connectivity index (χ4n) is 1.01. The van der Waals surface area contributed by atoms with Crippen molar-refractivity contribution in [2.24, 2.45) is 0 Å². The van der Waals surface area contributed by atoms with E-state index in [1.165, 1.54) is 0 Å². The summed E-state index contributed by atoms with van der Waals surface area (Å²) in [6.07, 6.45) is -4.49. The summed E-state index contributed by atoms with van der Waals surface area (Å²) in [5.41, 5.74) is -0.250. The van der Waals surface area contributed by atoms with Crippen LogP contribution in [0.5, 0.6) is 5.75 Å². The third-order valence-corrected chi connectivity index (χ3v) is 1.83. The zero-order valence-corrected chi connectivity index (χ0v) is 7.39. The number of phenols is 1. The van der Waals surface area contributed by atoms with Gasteiger partial charge in [0.15, 0.2) is 11.6 Å². The molecule has 1 aromatic carbocycles. The Labute approximate surface area is 83.4 Å². The molecule has 0 aliphatic carbocycles. The molecule has 2 atom stereocenters. The quantitative estimate of drug-likeness (QED) is 0.706. The Kier molecular flexibility index (Phi) is 3.21. The molecule has 0 fully saturated rings. The molecular formula is C9H8F2O4. The predicted octanol–water partition coefficient (Wildman–Crippen LogP) is 0.987.